The molecule has 30 heavy (non-hydrogen) atoms. The lowest BCUT2D eigenvalue weighted by atomic mass is 9.82. The Kier molecular flexibility index (Phi) is 7.73. The van der Waals surface area contributed by atoms with E-state index in [4.69, 9.17) is 9.47 Å². The van der Waals surface area contributed by atoms with Gasteiger partial charge in [0.05, 0.1) is 21.9 Å². The number of aldehydes is 1. The van der Waals surface area contributed by atoms with E-state index >= 15 is 0 Å². The minimum atomic E-state index is -0.943. The molecule has 168 valence electrons. The fourth-order valence-electron chi connectivity index (χ4n) is 3.61. The van der Waals surface area contributed by atoms with Crippen LogP contribution >= 0.6 is 15.9 Å². The van der Waals surface area contributed by atoms with Gasteiger partial charge in [-0.1, -0.05) is 13.8 Å². The van der Waals surface area contributed by atoms with E-state index in [9.17, 15) is 9.59 Å². The molecule has 1 fully saturated rings. The summed E-state index contributed by atoms with van der Waals surface area (Å²) in [6.07, 6.45) is 1.55. The number of halogens is 1. The largest absolute Gasteiger partial charge is 0.461 e. The molecule has 6 nitrogen and oxygen atoms in total. The van der Waals surface area contributed by atoms with Gasteiger partial charge in [0.1, 0.15) is 5.69 Å². The molecule has 1 aliphatic rings. The fraction of sp³-hybridized carbons (Fsp3) is 0.696. The summed E-state index contributed by atoms with van der Waals surface area (Å²) in [5, 5.41) is 0. The van der Waals surface area contributed by atoms with Crippen LogP contribution in [0.5, 0.6) is 0 Å². The molecule has 0 spiro atoms. The van der Waals surface area contributed by atoms with Crippen LogP contribution in [0.4, 0.5) is 5.69 Å². The number of pyridine rings is 1. The Bertz CT molecular complexity index is 789. The summed E-state index contributed by atoms with van der Waals surface area (Å²) in [6.45, 7) is 17.3. The predicted octanol–water partition coefficient (Wildman–Crippen LogP) is 5.40. The molecule has 0 saturated carbocycles. The number of piperidine rings is 1. The van der Waals surface area contributed by atoms with E-state index in [1.807, 2.05) is 41.5 Å². The van der Waals surface area contributed by atoms with E-state index in [0.29, 0.717) is 21.4 Å². The highest BCUT2D eigenvalue weighted by Gasteiger charge is 2.37. The SMILES string of the molecule is Cc1nc(C=O)c(Br)c(N2CCC(C)(C)CC2)c1C(OC(C)(C)C)C(=O)OC(C)C. The van der Waals surface area contributed by atoms with Gasteiger partial charge < -0.3 is 14.4 Å². The Morgan fingerprint density at radius 3 is 2.27 bits per heavy atom. The fourth-order valence-corrected chi connectivity index (χ4v) is 4.26. The Labute approximate surface area is 188 Å². The van der Waals surface area contributed by atoms with Gasteiger partial charge in [-0.3, -0.25) is 4.79 Å². The summed E-state index contributed by atoms with van der Waals surface area (Å²) in [6, 6.07) is 0. The number of carbonyl (C=O) groups is 2. The summed E-state index contributed by atoms with van der Waals surface area (Å²) in [7, 11) is 0. The van der Waals surface area contributed by atoms with Gasteiger partial charge in [0.2, 0.25) is 0 Å². The standard InChI is InChI=1S/C23H35BrN2O4/c1-14(2)29-21(28)20(30-22(4,5)6)17-15(3)25-16(13-27)18(24)19(17)26-11-9-23(7,8)10-12-26/h13-14,20H,9-12H2,1-8H3. The third-order valence-corrected chi connectivity index (χ3v) is 5.99. The van der Waals surface area contributed by atoms with Crippen LogP contribution in [0.2, 0.25) is 0 Å². The van der Waals surface area contributed by atoms with E-state index in [1.165, 1.54) is 0 Å². The molecule has 0 aliphatic carbocycles. The van der Waals surface area contributed by atoms with Crippen molar-refractivity contribution >= 4 is 33.9 Å². The number of ether oxygens (including phenoxy) is 2. The monoisotopic (exact) mass is 482 g/mol. The topological polar surface area (TPSA) is 68.7 Å². The van der Waals surface area contributed by atoms with E-state index in [2.05, 4.69) is 39.7 Å². The van der Waals surface area contributed by atoms with Gasteiger partial charge in [-0.05, 0) is 75.7 Å². The first-order chi connectivity index (χ1) is 13.8. The van der Waals surface area contributed by atoms with Crippen LogP contribution in [-0.4, -0.2) is 42.0 Å². The second kappa shape index (κ2) is 9.35. The van der Waals surface area contributed by atoms with Gasteiger partial charge in [0.25, 0.3) is 0 Å². The number of hydrogen-bond acceptors (Lipinski definition) is 6. The number of carbonyl (C=O) groups excluding carboxylic acids is 2. The molecular weight excluding hydrogens is 448 g/mol. The first-order valence-electron chi connectivity index (χ1n) is 10.5. The molecule has 2 heterocycles. The van der Waals surface area contributed by atoms with Crippen molar-refractivity contribution in [3.8, 4) is 0 Å². The van der Waals surface area contributed by atoms with Crippen LogP contribution < -0.4 is 4.90 Å². The van der Waals surface area contributed by atoms with Gasteiger partial charge in [0.15, 0.2) is 12.4 Å². The minimum Gasteiger partial charge on any atom is -0.461 e. The Hall–Kier alpha value is -1.47. The average molecular weight is 483 g/mol. The first-order valence-corrected chi connectivity index (χ1v) is 11.3. The van der Waals surface area contributed by atoms with Gasteiger partial charge >= 0.3 is 5.97 Å². The van der Waals surface area contributed by atoms with Gasteiger partial charge in [-0.15, -0.1) is 0 Å². The van der Waals surface area contributed by atoms with Crippen molar-refractivity contribution in [1.82, 2.24) is 4.98 Å². The lowest BCUT2D eigenvalue weighted by Gasteiger charge is -2.40. The number of aryl methyl sites for hydroxylation is 1. The molecule has 1 aromatic rings. The van der Waals surface area contributed by atoms with Crippen molar-refractivity contribution in [2.75, 3.05) is 18.0 Å². The van der Waals surface area contributed by atoms with Crippen molar-refractivity contribution in [2.24, 2.45) is 5.41 Å². The molecule has 7 heteroatoms. The predicted molar refractivity (Wildman–Crippen MR) is 122 cm³/mol. The minimum absolute atomic E-state index is 0.261. The number of anilines is 1. The number of aromatic nitrogens is 1. The molecule has 0 radical (unpaired) electrons. The molecular formula is C23H35BrN2O4. The Balaban J connectivity index is 2.66. The summed E-state index contributed by atoms with van der Waals surface area (Å²) >= 11 is 3.60. The maximum absolute atomic E-state index is 13.1. The van der Waals surface area contributed by atoms with Crippen molar-refractivity contribution < 1.29 is 19.1 Å². The molecule has 1 saturated heterocycles. The van der Waals surface area contributed by atoms with Crippen molar-refractivity contribution in [1.29, 1.82) is 0 Å². The maximum Gasteiger partial charge on any atom is 0.340 e. The number of rotatable bonds is 6. The third-order valence-electron chi connectivity index (χ3n) is 5.21. The summed E-state index contributed by atoms with van der Waals surface area (Å²) in [4.78, 5) is 31.5. The van der Waals surface area contributed by atoms with Crippen molar-refractivity contribution in [2.45, 2.75) is 86.0 Å². The quantitative estimate of drug-likeness (QED) is 0.399. The molecule has 0 N–H and O–H groups in total. The Morgan fingerprint density at radius 2 is 1.80 bits per heavy atom. The molecule has 1 unspecified atom stereocenters. The van der Waals surface area contributed by atoms with Crippen molar-refractivity contribution in [3.63, 3.8) is 0 Å². The van der Waals surface area contributed by atoms with Crippen LogP contribution in [0.3, 0.4) is 0 Å². The van der Waals surface area contributed by atoms with Crippen molar-refractivity contribution in [3.05, 3.63) is 21.4 Å². The molecule has 0 aromatic carbocycles. The molecule has 2 rings (SSSR count). The summed E-state index contributed by atoms with van der Waals surface area (Å²) in [5.74, 6) is -0.450. The molecule has 1 aliphatic heterocycles. The molecule has 1 aromatic heterocycles. The van der Waals surface area contributed by atoms with Crippen LogP contribution in [0.1, 0.15) is 89.2 Å². The van der Waals surface area contributed by atoms with Gasteiger partial charge in [-0.25, -0.2) is 9.78 Å². The van der Waals surface area contributed by atoms with E-state index in [-0.39, 0.29) is 11.5 Å². The summed E-state index contributed by atoms with van der Waals surface area (Å²) in [5.41, 5.74) is 2.06. The smallest absolute Gasteiger partial charge is 0.340 e. The number of esters is 1. The lowest BCUT2D eigenvalue weighted by Crippen LogP contribution is -2.39. The highest BCUT2D eigenvalue weighted by atomic mass is 79.9. The second-order valence-electron chi connectivity index (χ2n) is 10.0. The van der Waals surface area contributed by atoms with Crippen LogP contribution in [0.15, 0.2) is 4.47 Å². The van der Waals surface area contributed by atoms with E-state index in [0.717, 1.165) is 37.9 Å². The van der Waals surface area contributed by atoms with Crippen LogP contribution in [0, 0.1) is 12.3 Å². The van der Waals surface area contributed by atoms with Gasteiger partial charge in [0, 0.05) is 24.3 Å². The average Bonchev–Trinajstić information content (AvgIpc) is 2.60. The second-order valence-corrected chi connectivity index (χ2v) is 10.8. The number of hydrogen-bond donors (Lipinski definition) is 0. The maximum atomic E-state index is 13.1. The zero-order valence-corrected chi connectivity index (χ0v) is 21.1. The summed E-state index contributed by atoms with van der Waals surface area (Å²) < 4.78 is 12.4. The zero-order valence-electron chi connectivity index (χ0n) is 19.5. The van der Waals surface area contributed by atoms with E-state index in [1.54, 1.807) is 0 Å². The highest BCUT2D eigenvalue weighted by molar-refractivity contribution is 9.10. The lowest BCUT2D eigenvalue weighted by molar-refractivity contribution is -0.171. The van der Waals surface area contributed by atoms with Crippen LogP contribution in [0.25, 0.3) is 0 Å². The van der Waals surface area contributed by atoms with E-state index < -0.39 is 17.7 Å². The Morgan fingerprint density at radius 1 is 1.23 bits per heavy atom. The normalized spacial score (nSPS) is 17.7. The zero-order chi connectivity index (χ0) is 22.9. The third kappa shape index (κ3) is 6.03. The molecule has 0 amide bonds. The molecule has 0 bridgehead atoms. The highest BCUT2D eigenvalue weighted by Crippen LogP contribution is 2.43. The van der Waals surface area contributed by atoms with Crippen LogP contribution in [-0.2, 0) is 14.3 Å². The van der Waals surface area contributed by atoms with Gasteiger partial charge in [-0.2, -0.15) is 0 Å². The first kappa shape index (κ1) is 24.8. The number of nitrogens with zero attached hydrogens (tertiary/aromatic N) is 2. The molecule has 1 atom stereocenters.